The molecule has 0 bridgehead atoms. The van der Waals surface area contributed by atoms with Crippen LogP contribution in [0.2, 0.25) is 0 Å². The molecule has 1 aromatic rings. The van der Waals surface area contributed by atoms with Crippen LogP contribution in [0.3, 0.4) is 0 Å². The molecular formula is C8H12N2O3S. The molecule has 0 unspecified atom stereocenters. The first-order valence-electron chi connectivity index (χ1n) is 4.06. The Morgan fingerprint density at radius 3 is 2.57 bits per heavy atom. The number of nitrogens with two attached hydrogens (primary N) is 1. The maximum atomic E-state index is 11.2. The summed E-state index contributed by atoms with van der Waals surface area (Å²) in [5.74, 6) is 0. The van der Waals surface area contributed by atoms with Crippen molar-refractivity contribution in [3.05, 3.63) is 28.7 Å². The molecule has 0 saturated heterocycles. The number of hydrogen-bond donors (Lipinski definition) is 1. The van der Waals surface area contributed by atoms with Crippen LogP contribution in [0, 0.1) is 0 Å². The van der Waals surface area contributed by atoms with E-state index >= 15 is 0 Å². The summed E-state index contributed by atoms with van der Waals surface area (Å²) < 4.78 is 23.6. The number of pyridine rings is 1. The van der Waals surface area contributed by atoms with Crippen molar-refractivity contribution in [2.24, 2.45) is 5.73 Å². The maximum absolute atomic E-state index is 11.2. The minimum Gasteiger partial charge on any atom is -0.329 e. The van der Waals surface area contributed by atoms with E-state index in [-0.39, 0.29) is 10.5 Å². The van der Waals surface area contributed by atoms with Gasteiger partial charge in [0.1, 0.15) is 0 Å². The van der Waals surface area contributed by atoms with Crippen molar-refractivity contribution in [2.75, 3.05) is 12.8 Å². The fraction of sp³-hybridized carbons (Fsp3) is 0.375. The summed E-state index contributed by atoms with van der Waals surface area (Å²) in [6, 6.07) is 2.52. The molecular weight excluding hydrogens is 204 g/mol. The lowest BCUT2D eigenvalue weighted by atomic mass is 10.4. The van der Waals surface area contributed by atoms with Crippen LogP contribution in [0.1, 0.15) is 0 Å². The van der Waals surface area contributed by atoms with Gasteiger partial charge in [-0.15, -0.1) is 0 Å². The summed E-state index contributed by atoms with van der Waals surface area (Å²) >= 11 is 0. The highest BCUT2D eigenvalue weighted by molar-refractivity contribution is 7.90. The molecule has 1 rings (SSSR count). The predicted octanol–water partition coefficient (Wildman–Crippen LogP) is -0.789. The van der Waals surface area contributed by atoms with E-state index in [2.05, 4.69) is 0 Å². The van der Waals surface area contributed by atoms with E-state index in [1.807, 2.05) is 0 Å². The van der Waals surface area contributed by atoms with Crippen molar-refractivity contribution in [2.45, 2.75) is 11.4 Å². The quantitative estimate of drug-likeness (QED) is 0.718. The molecule has 0 aliphatic heterocycles. The second-order valence-electron chi connectivity index (χ2n) is 2.96. The van der Waals surface area contributed by atoms with Crippen molar-refractivity contribution in [3.8, 4) is 0 Å². The zero-order valence-corrected chi connectivity index (χ0v) is 8.62. The van der Waals surface area contributed by atoms with Crippen molar-refractivity contribution in [1.82, 2.24) is 4.57 Å². The van der Waals surface area contributed by atoms with Gasteiger partial charge in [0.25, 0.3) is 5.56 Å². The third-order valence-corrected chi connectivity index (χ3v) is 2.85. The van der Waals surface area contributed by atoms with E-state index in [1.54, 1.807) is 0 Å². The minimum atomic E-state index is -3.26. The normalized spacial score (nSPS) is 11.6. The molecule has 78 valence electrons. The Balaban J connectivity index is 3.27. The zero-order chi connectivity index (χ0) is 10.8. The van der Waals surface area contributed by atoms with Crippen molar-refractivity contribution >= 4 is 9.84 Å². The van der Waals surface area contributed by atoms with E-state index in [0.717, 1.165) is 6.26 Å². The van der Waals surface area contributed by atoms with Gasteiger partial charge in [-0.1, -0.05) is 0 Å². The van der Waals surface area contributed by atoms with Crippen LogP contribution in [0.25, 0.3) is 0 Å². The minimum absolute atomic E-state index is 0.130. The molecule has 1 aromatic heterocycles. The highest BCUT2D eigenvalue weighted by atomic mass is 32.2. The third kappa shape index (κ3) is 2.43. The smallest absolute Gasteiger partial charge is 0.250 e. The summed E-state index contributed by atoms with van der Waals surface area (Å²) in [6.45, 7) is 0.620. The molecule has 2 N–H and O–H groups in total. The lowest BCUT2D eigenvalue weighted by molar-refractivity contribution is 0.597. The third-order valence-electron chi connectivity index (χ3n) is 1.75. The van der Waals surface area contributed by atoms with Crippen LogP contribution >= 0.6 is 0 Å². The number of aromatic nitrogens is 1. The maximum Gasteiger partial charge on any atom is 0.250 e. The van der Waals surface area contributed by atoms with E-state index in [4.69, 9.17) is 5.73 Å². The van der Waals surface area contributed by atoms with Gasteiger partial charge in [0, 0.05) is 31.6 Å². The van der Waals surface area contributed by atoms with Crippen LogP contribution < -0.4 is 11.3 Å². The highest BCUT2D eigenvalue weighted by Gasteiger charge is 2.08. The van der Waals surface area contributed by atoms with Gasteiger partial charge in [0.15, 0.2) is 9.84 Å². The summed E-state index contributed by atoms with van der Waals surface area (Å²) in [4.78, 5) is 11.3. The zero-order valence-electron chi connectivity index (χ0n) is 7.80. The Labute approximate surface area is 82.1 Å². The van der Waals surface area contributed by atoms with Crippen molar-refractivity contribution in [1.29, 1.82) is 0 Å². The molecule has 0 fully saturated rings. The first-order valence-corrected chi connectivity index (χ1v) is 5.95. The van der Waals surface area contributed by atoms with Crippen LogP contribution in [0.4, 0.5) is 0 Å². The molecule has 1 heterocycles. The highest BCUT2D eigenvalue weighted by Crippen LogP contribution is 2.04. The van der Waals surface area contributed by atoms with Gasteiger partial charge in [0.05, 0.1) is 4.90 Å². The van der Waals surface area contributed by atoms with Crippen LogP contribution in [-0.2, 0) is 16.4 Å². The topological polar surface area (TPSA) is 82.2 Å². The van der Waals surface area contributed by atoms with Gasteiger partial charge >= 0.3 is 0 Å². The monoisotopic (exact) mass is 216 g/mol. The molecule has 0 aliphatic rings. The first-order chi connectivity index (χ1) is 6.45. The molecule has 0 spiro atoms. The fourth-order valence-corrected chi connectivity index (χ4v) is 1.68. The van der Waals surface area contributed by atoms with Crippen LogP contribution in [-0.4, -0.2) is 25.8 Å². The lowest BCUT2D eigenvalue weighted by Gasteiger charge is -2.04. The molecule has 0 atom stereocenters. The van der Waals surface area contributed by atoms with Crippen molar-refractivity contribution in [3.63, 3.8) is 0 Å². The van der Waals surface area contributed by atoms with Gasteiger partial charge in [-0.3, -0.25) is 4.79 Å². The van der Waals surface area contributed by atoms with Crippen LogP contribution in [0.15, 0.2) is 28.0 Å². The van der Waals surface area contributed by atoms with Gasteiger partial charge < -0.3 is 10.3 Å². The Morgan fingerprint density at radius 2 is 2.07 bits per heavy atom. The Bertz CT molecular complexity index is 476. The number of rotatable bonds is 3. The fourth-order valence-electron chi connectivity index (χ4n) is 1.04. The molecule has 14 heavy (non-hydrogen) atoms. The number of hydrogen-bond acceptors (Lipinski definition) is 4. The summed E-state index contributed by atoms with van der Waals surface area (Å²) in [5.41, 5.74) is 5.03. The van der Waals surface area contributed by atoms with Gasteiger partial charge in [-0.25, -0.2) is 8.42 Å². The largest absolute Gasteiger partial charge is 0.329 e. The second kappa shape index (κ2) is 3.93. The van der Waals surface area contributed by atoms with Crippen molar-refractivity contribution < 1.29 is 8.42 Å². The Hall–Kier alpha value is -1.14. The SMILES string of the molecule is CS(=O)(=O)c1ccc(=O)n(CCN)c1. The van der Waals surface area contributed by atoms with E-state index in [0.29, 0.717) is 13.1 Å². The average Bonchev–Trinajstić information content (AvgIpc) is 2.07. The Kier molecular flexibility index (Phi) is 3.07. The van der Waals surface area contributed by atoms with Gasteiger partial charge in [-0.2, -0.15) is 0 Å². The number of nitrogens with zero attached hydrogens (tertiary/aromatic N) is 1. The summed E-state index contributed by atoms with van der Waals surface area (Å²) in [5, 5.41) is 0. The number of sulfone groups is 1. The van der Waals surface area contributed by atoms with E-state index in [1.165, 1.54) is 22.9 Å². The summed E-state index contributed by atoms with van der Waals surface area (Å²) in [6.07, 6.45) is 2.41. The molecule has 0 saturated carbocycles. The van der Waals surface area contributed by atoms with Gasteiger partial charge in [-0.05, 0) is 6.07 Å². The first kappa shape index (κ1) is 10.9. The van der Waals surface area contributed by atoms with E-state index < -0.39 is 9.84 Å². The summed E-state index contributed by atoms with van der Waals surface area (Å²) in [7, 11) is -3.26. The van der Waals surface area contributed by atoms with Gasteiger partial charge in [0.2, 0.25) is 0 Å². The Morgan fingerprint density at radius 1 is 1.43 bits per heavy atom. The molecule has 0 aromatic carbocycles. The standard InChI is InChI=1S/C8H12N2O3S/c1-14(12,13)7-2-3-8(11)10(6-7)5-4-9/h2-3,6H,4-5,9H2,1H3. The van der Waals surface area contributed by atoms with Crippen LogP contribution in [0.5, 0.6) is 0 Å². The lowest BCUT2D eigenvalue weighted by Crippen LogP contribution is -2.23. The molecule has 0 aliphatic carbocycles. The average molecular weight is 216 g/mol. The predicted molar refractivity (Wildman–Crippen MR) is 52.9 cm³/mol. The molecule has 0 amide bonds. The molecule has 5 nitrogen and oxygen atoms in total. The van der Waals surface area contributed by atoms with E-state index in [9.17, 15) is 13.2 Å². The second-order valence-corrected chi connectivity index (χ2v) is 4.97. The molecule has 6 heteroatoms. The molecule has 0 radical (unpaired) electrons.